The van der Waals surface area contributed by atoms with E-state index < -0.39 is 18.1 Å². The molecule has 2 aromatic rings. The molecule has 0 spiro atoms. The van der Waals surface area contributed by atoms with Crippen LogP contribution in [0.15, 0.2) is 48.5 Å². The molecular formula is C26H31N3O6. The minimum atomic E-state index is -1.05. The monoisotopic (exact) mass is 481 g/mol. The zero-order valence-electron chi connectivity index (χ0n) is 19.7. The van der Waals surface area contributed by atoms with Crippen molar-refractivity contribution in [2.75, 3.05) is 39.9 Å². The molecule has 1 saturated heterocycles. The molecule has 1 aliphatic heterocycles. The van der Waals surface area contributed by atoms with Gasteiger partial charge in [0, 0.05) is 32.0 Å². The number of carbonyl (C=O) groups excluding carboxylic acids is 2. The van der Waals surface area contributed by atoms with Crippen molar-refractivity contribution < 1.29 is 29.3 Å². The Kier molecular flexibility index (Phi) is 7.67. The van der Waals surface area contributed by atoms with E-state index in [9.17, 15) is 19.5 Å². The lowest BCUT2D eigenvalue weighted by Crippen LogP contribution is -2.58. The molecule has 1 aliphatic carbocycles. The molecule has 2 unspecified atom stereocenters. The quantitative estimate of drug-likeness (QED) is 0.527. The highest BCUT2D eigenvalue weighted by Gasteiger charge is 2.33. The molecule has 9 heteroatoms. The van der Waals surface area contributed by atoms with Crippen LogP contribution in [0.1, 0.15) is 29.9 Å². The minimum Gasteiger partial charge on any atom is -0.481 e. The van der Waals surface area contributed by atoms with Gasteiger partial charge in [0.15, 0.2) is 0 Å². The van der Waals surface area contributed by atoms with Gasteiger partial charge in [0.1, 0.15) is 12.6 Å². The molecule has 1 heterocycles. The fourth-order valence-electron chi connectivity index (χ4n) is 4.87. The number of likely N-dealkylation sites (N-methyl/N-ethyl adjacent to an activating group) is 1. The third-order valence-corrected chi connectivity index (χ3v) is 6.88. The van der Waals surface area contributed by atoms with Crippen LogP contribution in [0.25, 0.3) is 11.1 Å². The smallest absolute Gasteiger partial charge is 0.407 e. The van der Waals surface area contributed by atoms with Gasteiger partial charge in [-0.05, 0) is 35.7 Å². The lowest BCUT2D eigenvalue weighted by Gasteiger charge is -2.39. The largest absolute Gasteiger partial charge is 0.481 e. The lowest BCUT2D eigenvalue weighted by molar-refractivity contribution is -0.139. The number of nitrogens with one attached hydrogen (secondary N) is 1. The summed E-state index contributed by atoms with van der Waals surface area (Å²) in [6.07, 6.45) is -1.07. The number of hydrogen-bond acceptors (Lipinski definition) is 6. The highest BCUT2D eigenvalue weighted by atomic mass is 16.5. The van der Waals surface area contributed by atoms with Crippen LogP contribution in [0, 0.1) is 0 Å². The van der Waals surface area contributed by atoms with E-state index in [2.05, 4.69) is 5.32 Å². The third-order valence-electron chi connectivity index (χ3n) is 6.88. The summed E-state index contributed by atoms with van der Waals surface area (Å²) < 4.78 is 5.56. The standard InChI is InChI=1S/C26H31N3O6/c1-28-12-13-29(14-17(28)15-30)25(33)23(10-11-24(31)32)27-26(34)35-16-22-20-8-4-2-6-18(20)19-7-3-5-9-21(19)22/h2-9,17,22-23,30H,10-16H2,1H3,(H,27,34)(H,31,32). The first kappa shape index (κ1) is 24.7. The minimum absolute atomic E-state index is 0.0471. The molecule has 1 fully saturated rings. The zero-order chi connectivity index (χ0) is 24.9. The van der Waals surface area contributed by atoms with Gasteiger partial charge in [-0.25, -0.2) is 4.79 Å². The summed E-state index contributed by atoms with van der Waals surface area (Å²) in [6, 6.07) is 14.8. The third kappa shape index (κ3) is 5.47. The number of alkyl carbamates (subject to hydrolysis) is 1. The van der Waals surface area contributed by atoms with Crippen molar-refractivity contribution in [1.82, 2.24) is 15.1 Å². The van der Waals surface area contributed by atoms with Gasteiger partial charge >= 0.3 is 12.1 Å². The molecule has 2 amide bonds. The van der Waals surface area contributed by atoms with Crippen LogP contribution in [0.5, 0.6) is 0 Å². The van der Waals surface area contributed by atoms with E-state index >= 15 is 0 Å². The number of aliphatic hydroxyl groups is 1. The summed E-state index contributed by atoms with van der Waals surface area (Å²) in [7, 11) is 1.87. The number of carboxylic acids is 1. The molecule has 3 N–H and O–H groups in total. The van der Waals surface area contributed by atoms with Crippen molar-refractivity contribution in [3.05, 3.63) is 59.7 Å². The Bertz CT molecular complexity index is 1040. The molecule has 4 rings (SSSR count). The van der Waals surface area contributed by atoms with Crippen molar-refractivity contribution >= 4 is 18.0 Å². The van der Waals surface area contributed by atoms with Crippen LogP contribution in [0.4, 0.5) is 4.79 Å². The number of carboxylic acid groups (broad SMARTS) is 1. The molecular weight excluding hydrogens is 450 g/mol. The maximum absolute atomic E-state index is 13.2. The first-order chi connectivity index (χ1) is 16.9. The summed E-state index contributed by atoms with van der Waals surface area (Å²) in [5.74, 6) is -1.54. The molecule has 0 radical (unpaired) electrons. The molecule has 35 heavy (non-hydrogen) atoms. The second-order valence-electron chi connectivity index (χ2n) is 9.06. The van der Waals surface area contributed by atoms with Crippen LogP contribution >= 0.6 is 0 Å². The second kappa shape index (κ2) is 10.9. The number of aliphatic carboxylic acids is 1. The van der Waals surface area contributed by atoms with Gasteiger partial charge in [0.25, 0.3) is 0 Å². The van der Waals surface area contributed by atoms with Crippen LogP contribution in [-0.2, 0) is 14.3 Å². The average Bonchev–Trinajstić information content (AvgIpc) is 3.18. The molecule has 2 atom stereocenters. The number of hydrogen-bond donors (Lipinski definition) is 3. The Labute approximate surface area is 204 Å². The maximum atomic E-state index is 13.2. The Morgan fingerprint density at radius 3 is 2.29 bits per heavy atom. The van der Waals surface area contributed by atoms with Gasteiger partial charge in [-0.1, -0.05) is 48.5 Å². The summed E-state index contributed by atoms with van der Waals surface area (Å²) in [6.45, 7) is 1.32. The highest BCUT2D eigenvalue weighted by Crippen LogP contribution is 2.44. The summed E-state index contributed by atoms with van der Waals surface area (Å²) in [4.78, 5) is 40.6. The zero-order valence-corrected chi connectivity index (χ0v) is 19.7. The number of rotatable bonds is 8. The van der Waals surface area contributed by atoms with Gasteiger partial charge in [-0.3, -0.25) is 14.5 Å². The number of aliphatic hydroxyl groups excluding tert-OH is 1. The van der Waals surface area contributed by atoms with Crippen LogP contribution in [-0.4, -0.2) is 90.0 Å². The van der Waals surface area contributed by atoms with E-state index in [1.807, 2.05) is 60.5 Å². The molecule has 0 saturated carbocycles. The van der Waals surface area contributed by atoms with E-state index in [-0.39, 0.29) is 43.9 Å². The topological polar surface area (TPSA) is 119 Å². The van der Waals surface area contributed by atoms with E-state index in [0.717, 1.165) is 22.3 Å². The molecule has 0 bridgehead atoms. The number of fused-ring (bicyclic) bond motifs is 3. The first-order valence-electron chi connectivity index (χ1n) is 11.8. The fourth-order valence-corrected chi connectivity index (χ4v) is 4.87. The van der Waals surface area contributed by atoms with E-state index in [1.54, 1.807) is 4.90 Å². The van der Waals surface area contributed by atoms with Gasteiger partial charge in [-0.2, -0.15) is 0 Å². The number of amides is 2. The predicted molar refractivity (Wildman–Crippen MR) is 129 cm³/mol. The van der Waals surface area contributed by atoms with Crippen LogP contribution in [0.3, 0.4) is 0 Å². The number of benzene rings is 2. The van der Waals surface area contributed by atoms with Gasteiger partial charge in [0.2, 0.25) is 5.91 Å². The van der Waals surface area contributed by atoms with Gasteiger partial charge in [-0.15, -0.1) is 0 Å². The SMILES string of the molecule is CN1CCN(C(=O)C(CCC(=O)O)NC(=O)OCC2c3ccccc3-c3ccccc32)CC1CO. The molecule has 2 aliphatic rings. The van der Waals surface area contributed by atoms with E-state index in [4.69, 9.17) is 9.84 Å². The number of ether oxygens (including phenoxy) is 1. The summed E-state index contributed by atoms with van der Waals surface area (Å²) >= 11 is 0. The van der Waals surface area contributed by atoms with Crippen molar-refractivity contribution in [3.8, 4) is 11.1 Å². The van der Waals surface area contributed by atoms with E-state index in [0.29, 0.717) is 19.6 Å². The number of nitrogens with zero attached hydrogens (tertiary/aromatic N) is 2. The Hall–Kier alpha value is -3.43. The summed E-state index contributed by atoms with van der Waals surface area (Å²) in [5.41, 5.74) is 4.38. The predicted octanol–water partition coefficient (Wildman–Crippen LogP) is 1.89. The van der Waals surface area contributed by atoms with Crippen molar-refractivity contribution in [1.29, 1.82) is 0 Å². The van der Waals surface area contributed by atoms with Gasteiger partial charge in [0.05, 0.1) is 12.6 Å². The molecule has 9 nitrogen and oxygen atoms in total. The van der Waals surface area contributed by atoms with E-state index in [1.165, 1.54) is 0 Å². The lowest BCUT2D eigenvalue weighted by atomic mass is 9.98. The Morgan fingerprint density at radius 1 is 1.06 bits per heavy atom. The normalized spacial score (nSPS) is 18.5. The van der Waals surface area contributed by atoms with Gasteiger partial charge < -0.3 is 25.2 Å². The molecule has 2 aromatic carbocycles. The maximum Gasteiger partial charge on any atom is 0.407 e. The number of piperazine rings is 1. The second-order valence-corrected chi connectivity index (χ2v) is 9.06. The summed E-state index contributed by atoms with van der Waals surface area (Å²) in [5, 5.41) is 21.3. The average molecular weight is 482 g/mol. The first-order valence-corrected chi connectivity index (χ1v) is 11.8. The van der Waals surface area contributed by atoms with Crippen molar-refractivity contribution in [2.45, 2.75) is 30.8 Å². The van der Waals surface area contributed by atoms with Crippen LogP contribution < -0.4 is 5.32 Å². The van der Waals surface area contributed by atoms with Crippen molar-refractivity contribution in [2.24, 2.45) is 0 Å². The Morgan fingerprint density at radius 2 is 1.69 bits per heavy atom. The molecule has 0 aromatic heterocycles. The Balaban J connectivity index is 1.42. The highest BCUT2D eigenvalue weighted by molar-refractivity contribution is 5.86. The van der Waals surface area contributed by atoms with Crippen LogP contribution in [0.2, 0.25) is 0 Å². The molecule has 186 valence electrons. The number of carbonyl (C=O) groups is 3. The fraction of sp³-hybridized carbons (Fsp3) is 0.423. The van der Waals surface area contributed by atoms with Crippen molar-refractivity contribution in [3.63, 3.8) is 0 Å².